The first-order valence-corrected chi connectivity index (χ1v) is 5.31. The summed E-state index contributed by atoms with van der Waals surface area (Å²) in [5, 5.41) is 8.95. The summed E-state index contributed by atoms with van der Waals surface area (Å²) in [5.74, 6) is 0. The molecule has 0 unspecified atom stereocenters. The summed E-state index contributed by atoms with van der Waals surface area (Å²) in [5.41, 5.74) is 0.442. The highest BCUT2D eigenvalue weighted by Crippen LogP contribution is 2.20. The lowest BCUT2D eigenvalue weighted by Gasteiger charge is -2.25. The molecule has 0 aliphatic carbocycles. The van der Waals surface area contributed by atoms with E-state index in [2.05, 4.69) is 0 Å². The molecule has 4 nitrogen and oxygen atoms in total. The van der Waals surface area contributed by atoms with Gasteiger partial charge in [0.2, 0.25) is 0 Å². The SMILES string of the molecule is CN(C(=O)OC(C)(C)C)c1ccccc1C#N. The van der Waals surface area contributed by atoms with Crippen LogP contribution in [0.3, 0.4) is 0 Å². The van der Waals surface area contributed by atoms with Crippen LogP contribution in [0.1, 0.15) is 26.3 Å². The Bertz CT molecular complexity index is 455. The van der Waals surface area contributed by atoms with Gasteiger partial charge < -0.3 is 4.74 Å². The zero-order valence-corrected chi connectivity index (χ0v) is 10.5. The number of para-hydroxylation sites is 1. The molecule has 1 aromatic rings. The summed E-state index contributed by atoms with van der Waals surface area (Å²) < 4.78 is 5.23. The minimum absolute atomic E-state index is 0.445. The normalized spacial score (nSPS) is 10.5. The molecule has 0 saturated heterocycles. The molecule has 0 bridgehead atoms. The van der Waals surface area contributed by atoms with Gasteiger partial charge in [-0.25, -0.2) is 4.79 Å². The number of nitriles is 1. The lowest BCUT2D eigenvalue weighted by Crippen LogP contribution is -2.34. The molecule has 0 aliphatic rings. The summed E-state index contributed by atoms with van der Waals surface area (Å²) in [7, 11) is 1.59. The number of carbonyl (C=O) groups excluding carboxylic acids is 1. The molecule has 0 spiro atoms. The number of ether oxygens (including phenoxy) is 1. The van der Waals surface area contributed by atoms with Crippen molar-refractivity contribution in [2.75, 3.05) is 11.9 Å². The average molecular weight is 232 g/mol. The molecule has 0 atom stereocenters. The number of hydrogen-bond donors (Lipinski definition) is 0. The Morgan fingerprint density at radius 2 is 1.94 bits per heavy atom. The van der Waals surface area contributed by atoms with Crippen molar-refractivity contribution in [3.8, 4) is 6.07 Å². The molecule has 0 fully saturated rings. The van der Waals surface area contributed by atoms with Crippen molar-refractivity contribution in [3.05, 3.63) is 29.8 Å². The van der Waals surface area contributed by atoms with Gasteiger partial charge in [0.1, 0.15) is 11.7 Å². The van der Waals surface area contributed by atoms with E-state index in [0.29, 0.717) is 11.3 Å². The highest BCUT2D eigenvalue weighted by Gasteiger charge is 2.21. The number of amides is 1. The van der Waals surface area contributed by atoms with Gasteiger partial charge in [-0.3, -0.25) is 4.90 Å². The first-order valence-electron chi connectivity index (χ1n) is 5.31. The standard InChI is InChI=1S/C13H16N2O2/c1-13(2,3)17-12(16)15(4)11-8-6-5-7-10(11)9-14/h5-8H,1-4H3. The van der Waals surface area contributed by atoms with Gasteiger partial charge in [0.25, 0.3) is 0 Å². The fraction of sp³-hybridized carbons (Fsp3) is 0.385. The molecule has 0 aromatic heterocycles. The zero-order chi connectivity index (χ0) is 13.1. The van der Waals surface area contributed by atoms with Crippen molar-refractivity contribution in [2.45, 2.75) is 26.4 Å². The third kappa shape index (κ3) is 3.49. The summed E-state index contributed by atoms with van der Waals surface area (Å²) in [4.78, 5) is 13.2. The summed E-state index contributed by atoms with van der Waals surface area (Å²) in [6, 6.07) is 8.95. The van der Waals surface area contributed by atoms with E-state index in [-0.39, 0.29) is 0 Å². The highest BCUT2D eigenvalue weighted by molar-refractivity contribution is 5.89. The van der Waals surface area contributed by atoms with Gasteiger partial charge in [-0.1, -0.05) is 12.1 Å². The smallest absolute Gasteiger partial charge is 0.414 e. The number of carbonyl (C=O) groups is 1. The summed E-state index contributed by atoms with van der Waals surface area (Å²) in [6.07, 6.45) is -0.472. The molecule has 0 N–H and O–H groups in total. The number of hydrogen-bond acceptors (Lipinski definition) is 3. The van der Waals surface area contributed by atoms with Crippen LogP contribution in [0, 0.1) is 11.3 Å². The second-order valence-corrected chi connectivity index (χ2v) is 4.67. The number of rotatable bonds is 1. The van der Waals surface area contributed by atoms with Gasteiger partial charge in [-0.15, -0.1) is 0 Å². The van der Waals surface area contributed by atoms with Crippen LogP contribution < -0.4 is 4.90 Å². The molecule has 90 valence electrons. The van der Waals surface area contributed by atoms with Crippen LogP contribution in [0.15, 0.2) is 24.3 Å². The predicted molar refractivity (Wildman–Crippen MR) is 65.8 cm³/mol. The van der Waals surface area contributed by atoms with Crippen molar-refractivity contribution >= 4 is 11.8 Å². The number of anilines is 1. The number of benzene rings is 1. The van der Waals surface area contributed by atoms with Crippen molar-refractivity contribution in [2.24, 2.45) is 0 Å². The Morgan fingerprint density at radius 3 is 2.47 bits per heavy atom. The molecule has 1 aromatic carbocycles. The first kappa shape index (κ1) is 13.0. The van der Waals surface area contributed by atoms with E-state index in [1.165, 1.54) is 4.90 Å². The first-order chi connectivity index (χ1) is 7.85. The molecule has 4 heteroatoms. The Labute approximate surface area is 101 Å². The molecule has 17 heavy (non-hydrogen) atoms. The van der Waals surface area contributed by atoms with E-state index in [0.717, 1.165) is 0 Å². The Hall–Kier alpha value is -2.02. The third-order valence-corrected chi connectivity index (χ3v) is 2.05. The van der Waals surface area contributed by atoms with Crippen LogP contribution in [0.5, 0.6) is 0 Å². The summed E-state index contributed by atoms with van der Waals surface area (Å²) in [6.45, 7) is 5.40. The van der Waals surface area contributed by atoms with Gasteiger partial charge in [0.05, 0.1) is 11.3 Å². The van der Waals surface area contributed by atoms with E-state index in [1.54, 1.807) is 52.1 Å². The van der Waals surface area contributed by atoms with Gasteiger partial charge >= 0.3 is 6.09 Å². The van der Waals surface area contributed by atoms with Crippen LogP contribution >= 0.6 is 0 Å². The predicted octanol–water partition coefficient (Wildman–Crippen LogP) is 2.93. The Balaban J connectivity index is 2.94. The second kappa shape index (κ2) is 4.88. The molecule has 1 amide bonds. The maximum absolute atomic E-state index is 11.8. The van der Waals surface area contributed by atoms with Crippen molar-refractivity contribution in [3.63, 3.8) is 0 Å². The summed E-state index contributed by atoms with van der Waals surface area (Å²) >= 11 is 0. The Morgan fingerprint density at radius 1 is 1.35 bits per heavy atom. The molecule has 0 radical (unpaired) electrons. The van der Waals surface area contributed by atoms with Gasteiger partial charge in [-0.2, -0.15) is 5.26 Å². The minimum Gasteiger partial charge on any atom is -0.443 e. The maximum atomic E-state index is 11.8. The van der Waals surface area contributed by atoms with E-state index in [1.807, 2.05) is 6.07 Å². The fourth-order valence-electron chi connectivity index (χ4n) is 1.29. The van der Waals surface area contributed by atoms with Crippen molar-refractivity contribution < 1.29 is 9.53 Å². The molecule has 0 saturated carbocycles. The fourth-order valence-corrected chi connectivity index (χ4v) is 1.29. The molecular weight excluding hydrogens is 216 g/mol. The highest BCUT2D eigenvalue weighted by atomic mass is 16.6. The van der Waals surface area contributed by atoms with Crippen LogP contribution in [-0.4, -0.2) is 18.7 Å². The van der Waals surface area contributed by atoms with E-state index in [4.69, 9.17) is 10.00 Å². The number of nitrogens with zero attached hydrogens (tertiary/aromatic N) is 2. The largest absolute Gasteiger partial charge is 0.443 e. The maximum Gasteiger partial charge on any atom is 0.414 e. The zero-order valence-electron chi connectivity index (χ0n) is 10.5. The van der Waals surface area contributed by atoms with Gasteiger partial charge in [0.15, 0.2) is 0 Å². The topological polar surface area (TPSA) is 53.3 Å². The molecule has 0 aliphatic heterocycles. The van der Waals surface area contributed by atoms with E-state index < -0.39 is 11.7 Å². The van der Waals surface area contributed by atoms with Crippen LogP contribution in [-0.2, 0) is 4.74 Å². The molecule has 0 heterocycles. The monoisotopic (exact) mass is 232 g/mol. The quantitative estimate of drug-likeness (QED) is 0.748. The van der Waals surface area contributed by atoms with Crippen molar-refractivity contribution in [1.29, 1.82) is 5.26 Å². The van der Waals surface area contributed by atoms with Crippen molar-refractivity contribution in [1.82, 2.24) is 0 Å². The molecule has 1 rings (SSSR count). The van der Waals surface area contributed by atoms with Crippen LogP contribution in [0.4, 0.5) is 10.5 Å². The van der Waals surface area contributed by atoms with Gasteiger partial charge in [0, 0.05) is 7.05 Å². The van der Waals surface area contributed by atoms with Crippen LogP contribution in [0.25, 0.3) is 0 Å². The minimum atomic E-state index is -0.549. The Kier molecular flexibility index (Phi) is 3.74. The van der Waals surface area contributed by atoms with E-state index >= 15 is 0 Å². The molecular formula is C13H16N2O2. The third-order valence-electron chi connectivity index (χ3n) is 2.05. The van der Waals surface area contributed by atoms with Gasteiger partial charge in [-0.05, 0) is 32.9 Å². The lowest BCUT2D eigenvalue weighted by atomic mass is 10.2. The lowest BCUT2D eigenvalue weighted by molar-refractivity contribution is 0.0589. The average Bonchev–Trinajstić information content (AvgIpc) is 2.25. The van der Waals surface area contributed by atoms with Crippen LogP contribution in [0.2, 0.25) is 0 Å². The second-order valence-electron chi connectivity index (χ2n) is 4.67. The van der Waals surface area contributed by atoms with E-state index in [9.17, 15) is 4.79 Å².